The highest BCUT2D eigenvalue weighted by molar-refractivity contribution is 5.59. The zero-order chi connectivity index (χ0) is 22.0. The lowest BCUT2D eigenvalue weighted by atomic mass is 10.2. The van der Waals surface area contributed by atoms with Gasteiger partial charge in [0, 0.05) is 29.9 Å². The summed E-state index contributed by atoms with van der Waals surface area (Å²) in [6.45, 7) is 5.16. The summed E-state index contributed by atoms with van der Waals surface area (Å²) >= 11 is 0. The second-order valence-electron chi connectivity index (χ2n) is 7.52. The molecule has 1 saturated heterocycles. The molecule has 1 atom stereocenters. The number of ether oxygens (including phenoxy) is 2. The van der Waals surface area contributed by atoms with Crippen LogP contribution < -0.4 is 14.4 Å². The number of benzene rings is 2. The van der Waals surface area contributed by atoms with E-state index in [-0.39, 0.29) is 5.75 Å². The fraction of sp³-hybridized carbons (Fsp3) is 0.304. The molecule has 0 saturated carbocycles. The standard InChI is InChI=1S/C23H22F3N3O2/c1-15-14-21(29-13-3-4-16(29)2)28-22(27-15)17-5-7-18(8-6-17)30-19-9-11-20(12-10-19)31-23(24,25)26/h5-12,14,16H,3-4,13H2,1-2H3. The summed E-state index contributed by atoms with van der Waals surface area (Å²) in [6.07, 6.45) is -2.40. The summed E-state index contributed by atoms with van der Waals surface area (Å²) in [4.78, 5) is 11.6. The monoisotopic (exact) mass is 429 g/mol. The van der Waals surface area contributed by atoms with Gasteiger partial charge in [0.15, 0.2) is 5.82 Å². The minimum atomic E-state index is -4.72. The van der Waals surface area contributed by atoms with E-state index < -0.39 is 6.36 Å². The van der Waals surface area contributed by atoms with Gasteiger partial charge >= 0.3 is 6.36 Å². The van der Waals surface area contributed by atoms with Crippen LogP contribution in [0.15, 0.2) is 54.6 Å². The Morgan fingerprint density at radius 1 is 0.935 bits per heavy atom. The van der Waals surface area contributed by atoms with E-state index >= 15 is 0 Å². The van der Waals surface area contributed by atoms with E-state index in [1.807, 2.05) is 25.1 Å². The molecule has 3 aromatic rings. The summed E-state index contributed by atoms with van der Waals surface area (Å²) in [5.74, 6) is 2.24. The molecule has 0 N–H and O–H groups in total. The molecule has 0 radical (unpaired) electrons. The van der Waals surface area contributed by atoms with Crippen molar-refractivity contribution in [2.45, 2.75) is 39.1 Å². The number of halogens is 3. The molecule has 5 nitrogen and oxygen atoms in total. The van der Waals surface area contributed by atoms with Crippen molar-refractivity contribution < 1.29 is 22.6 Å². The van der Waals surface area contributed by atoms with Gasteiger partial charge in [0.2, 0.25) is 0 Å². The molecular weight excluding hydrogens is 407 g/mol. The topological polar surface area (TPSA) is 47.5 Å². The fourth-order valence-electron chi connectivity index (χ4n) is 3.62. The van der Waals surface area contributed by atoms with Gasteiger partial charge in [0.05, 0.1) is 0 Å². The molecule has 1 unspecified atom stereocenters. The van der Waals surface area contributed by atoms with E-state index in [0.717, 1.165) is 36.5 Å². The molecule has 162 valence electrons. The van der Waals surface area contributed by atoms with Crippen LogP contribution in [0, 0.1) is 6.92 Å². The highest BCUT2D eigenvalue weighted by atomic mass is 19.4. The lowest BCUT2D eigenvalue weighted by Gasteiger charge is -2.23. The van der Waals surface area contributed by atoms with Crippen molar-refractivity contribution in [3.63, 3.8) is 0 Å². The van der Waals surface area contributed by atoms with Gasteiger partial charge < -0.3 is 14.4 Å². The van der Waals surface area contributed by atoms with E-state index in [1.165, 1.54) is 24.3 Å². The fourth-order valence-corrected chi connectivity index (χ4v) is 3.62. The molecule has 4 rings (SSSR count). The van der Waals surface area contributed by atoms with Crippen LogP contribution >= 0.6 is 0 Å². The largest absolute Gasteiger partial charge is 0.573 e. The zero-order valence-corrected chi connectivity index (χ0v) is 17.2. The lowest BCUT2D eigenvalue weighted by molar-refractivity contribution is -0.274. The number of nitrogens with zero attached hydrogens (tertiary/aromatic N) is 3. The Hall–Kier alpha value is -3.29. The molecule has 1 aromatic heterocycles. The van der Waals surface area contributed by atoms with E-state index in [2.05, 4.69) is 21.5 Å². The minimum Gasteiger partial charge on any atom is -0.457 e. The summed E-state index contributed by atoms with van der Waals surface area (Å²) in [5, 5.41) is 0. The normalized spacial score (nSPS) is 16.4. The molecule has 1 aliphatic heterocycles. The molecular formula is C23H22F3N3O2. The van der Waals surface area contributed by atoms with Crippen LogP contribution in [-0.4, -0.2) is 28.9 Å². The van der Waals surface area contributed by atoms with Crippen molar-refractivity contribution >= 4 is 5.82 Å². The summed E-state index contributed by atoms with van der Waals surface area (Å²) in [7, 11) is 0. The summed E-state index contributed by atoms with van der Waals surface area (Å²) < 4.78 is 46.3. The van der Waals surface area contributed by atoms with Gasteiger partial charge in [0.1, 0.15) is 23.1 Å². The van der Waals surface area contributed by atoms with E-state index in [0.29, 0.717) is 23.4 Å². The Bertz CT molecular complexity index is 1040. The second-order valence-corrected chi connectivity index (χ2v) is 7.52. The number of rotatable bonds is 5. The predicted molar refractivity (Wildman–Crippen MR) is 111 cm³/mol. The first-order valence-electron chi connectivity index (χ1n) is 10.0. The van der Waals surface area contributed by atoms with Crippen molar-refractivity contribution in [2.24, 2.45) is 0 Å². The predicted octanol–water partition coefficient (Wildman–Crippen LogP) is 6.13. The number of aryl methyl sites for hydroxylation is 1. The third kappa shape index (κ3) is 5.25. The van der Waals surface area contributed by atoms with Crippen LogP contribution in [-0.2, 0) is 0 Å². The Balaban J connectivity index is 1.48. The third-order valence-corrected chi connectivity index (χ3v) is 5.09. The highest BCUT2D eigenvalue weighted by Gasteiger charge is 2.31. The van der Waals surface area contributed by atoms with Gasteiger partial charge in [-0.05, 0) is 75.2 Å². The maximum absolute atomic E-state index is 12.3. The molecule has 2 heterocycles. The van der Waals surface area contributed by atoms with E-state index in [9.17, 15) is 13.2 Å². The number of alkyl halides is 3. The van der Waals surface area contributed by atoms with Gasteiger partial charge in [-0.3, -0.25) is 0 Å². The van der Waals surface area contributed by atoms with Crippen LogP contribution in [0.1, 0.15) is 25.5 Å². The third-order valence-electron chi connectivity index (χ3n) is 5.09. The van der Waals surface area contributed by atoms with Crippen LogP contribution in [0.4, 0.5) is 19.0 Å². The summed E-state index contributed by atoms with van der Waals surface area (Å²) in [6, 6.07) is 15.0. The number of aromatic nitrogens is 2. The van der Waals surface area contributed by atoms with Crippen LogP contribution in [0.5, 0.6) is 17.2 Å². The van der Waals surface area contributed by atoms with Gasteiger partial charge in [-0.2, -0.15) is 0 Å². The lowest BCUT2D eigenvalue weighted by Crippen LogP contribution is -2.27. The zero-order valence-electron chi connectivity index (χ0n) is 17.2. The molecule has 2 aromatic carbocycles. The van der Waals surface area contributed by atoms with Gasteiger partial charge in [-0.15, -0.1) is 13.2 Å². The Labute approximate surface area is 178 Å². The Morgan fingerprint density at radius 2 is 1.55 bits per heavy atom. The number of hydrogen-bond acceptors (Lipinski definition) is 5. The van der Waals surface area contributed by atoms with Crippen LogP contribution in [0.25, 0.3) is 11.4 Å². The first-order valence-corrected chi connectivity index (χ1v) is 10.0. The van der Waals surface area contributed by atoms with Gasteiger partial charge in [0.25, 0.3) is 0 Å². The van der Waals surface area contributed by atoms with Crippen molar-refractivity contribution in [3.05, 3.63) is 60.3 Å². The first kappa shape index (κ1) is 21.0. The average Bonchev–Trinajstić information content (AvgIpc) is 3.14. The van der Waals surface area contributed by atoms with E-state index in [1.54, 1.807) is 12.1 Å². The minimum absolute atomic E-state index is 0.296. The Morgan fingerprint density at radius 3 is 2.13 bits per heavy atom. The van der Waals surface area contributed by atoms with E-state index in [4.69, 9.17) is 9.72 Å². The molecule has 1 fully saturated rings. The summed E-state index contributed by atoms with van der Waals surface area (Å²) in [5.41, 5.74) is 1.76. The van der Waals surface area contributed by atoms with Crippen molar-refractivity contribution in [1.29, 1.82) is 0 Å². The molecule has 0 spiro atoms. The van der Waals surface area contributed by atoms with Crippen LogP contribution in [0.3, 0.4) is 0 Å². The maximum Gasteiger partial charge on any atom is 0.573 e. The maximum atomic E-state index is 12.3. The molecule has 0 amide bonds. The average molecular weight is 429 g/mol. The first-order chi connectivity index (χ1) is 14.8. The van der Waals surface area contributed by atoms with Crippen LogP contribution in [0.2, 0.25) is 0 Å². The number of hydrogen-bond donors (Lipinski definition) is 0. The smallest absolute Gasteiger partial charge is 0.457 e. The molecule has 0 bridgehead atoms. The molecule has 8 heteroatoms. The second kappa shape index (κ2) is 8.45. The highest BCUT2D eigenvalue weighted by Crippen LogP contribution is 2.30. The van der Waals surface area contributed by atoms with Crippen molar-refractivity contribution in [2.75, 3.05) is 11.4 Å². The van der Waals surface area contributed by atoms with Gasteiger partial charge in [-0.25, -0.2) is 9.97 Å². The molecule has 31 heavy (non-hydrogen) atoms. The van der Waals surface area contributed by atoms with Gasteiger partial charge in [-0.1, -0.05) is 0 Å². The number of anilines is 1. The SMILES string of the molecule is Cc1cc(N2CCCC2C)nc(-c2ccc(Oc3ccc(OC(F)(F)F)cc3)cc2)n1. The molecule has 0 aliphatic carbocycles. The van der Waals surface area contributed by atoms with Crippen molar-refractivity contribution in [1.82, 2.24) is 9.97 Å². The molecule has 1 aliphatic rings. The Kier molecular flexibility index (Phi) is 5.71. The van der Waals surface area contributed by atoms with Crippen molar-refractivity contribution in [3.8, 4) is 28.6 Å². The quantitative estimate of drug-likeness (QED) is 0.488.